The molecule has 12 heteroatoms. The van der Waals surface area contributed by atoms with E-state index >= 15 is 0 Å². The summed E-state index contributed by atoms with van der Waals surface area (Å²) in [5.74, 6) is 0.750. The van der Waals surface area contributed by atoms with Crippen LogP contribution < -0.4 is 5.09 Å². The summed E-state index contributed by atoms with van der Waals surface area (Å²) in [6, 6.07) is 0. The van der Waals surface area contributed by atoms with Crippen molar-refractivity contribution < 1.29 is 23.5 Å². The number of methoxy groups -OCH3 is 1. The first-order valence-corrected chi connectivity index (χ1v) is 16.2. The molecule has 0 spiro atoms. The van der Waals surface area contributed by atoms with Crippen molar-refractivity contribution in [2.45, 2.75) is 89.1 Å². The Hall–Kier alpha value is -1.13. The molecule has 2 aliphatic heterocycles. The summed E-state index contributed by atoms with van der Waals surface area (Å²) in [4.78, 5) is 28.7. The summed E-state index contributed by atoms with van der Waals surface area (Å²) in [6.45, 7) is 11.6. The SMILES string of the molecule is CCCCP(CCCC)N[C@]1(OC)C(=O)N2C(C(=O)OC(C)(C)C)=C(CSc3nnc(C)o3)CS[C@H]21. The molecule has 1 amide bonds. The number of nitrogens with one attached hydrogen (secondary N) is 1. The molecule has 3 heterocycles. The molecule has 1 aromatic rings. The highest BCUT2D eigenvalue weighted by atomic mass is 32.2. The maximum atomic E-state index is 13.8. The van der Waals surface area contributed by atoms with Gasteiger partial charge in [0.2, 0.25) is 11.6 Å². The molecule has 2 atom stereocenters. The summed E-state index contributed by atoms with van der Waals surface area (Å²) in [7, 11) is 1.00. The molecule has 1 fully saturated rings. The lowest BCUT2D eigenvalue weighted by Gasteiger charge is -2.57. The van der Waals surface area contributed by atoms with Gasteiger partial charge in [-0.05, 0) is 59.6 Å². The second-order valence-electron chi connectivity index (χ2n) is 9.91. The van der Waals surface area contributed by atoms with E-state index in [1.807, 2.05) is 20.8 Å². The number of β-lactam (4-membered cyclic amide) rings is 1. The number of fused-ring (bicyclic) bond motifs is 1. The van der Waals surface area contributed by atoms with E-state index in [1.165, 1.54) is 11.8 Å². The summed E-state index contributed by atoms with van der Waals surface area (Å²) < 4.78 is 17.1. The van der Waals surface area contributed by atoms with Gasteiger partial charge in [-0.2, -0.15) is 0 Å². The van der Waals surface area contributed by atoms with Crippen LogP contribution in [0.3, 0.4) is 0 Å². The molecule has 202 valence electrons. The van der Waals surface area contributed by atoms with Crippen LogP contribution in [0.1, 0.15) is 66.2 Å². The third-order valence-corrected chi connectivity index (χ3v) is 10.4. The van der Waals surface area contributed by atoms with E-state index in [4.69, 9.17) is 13.9 Å². The van der Waals surface area contributed by atoms with Gasteiger partial charge in [-0.15, -0.1) is 22.0 Å². The molecule has 2 aliphatic rings. The molecule has 0 unspecified atom stereocenters. The Bertz CT molecular complexity index is 959. The third-order valence-electron chi connectivity index (χ3n) is 5.79. The minimum atomic E-state index is -1.13. The van der Waals surface area contributed by atoms with Gasteiger partial charge in [0.1, 0.15) is 16.7 Å². The number of rotatable bonds is 13. The number of amides is 1. The molecule has 9 nitrogen and oxygen atoms in total. The Kier molecular flexibility index (Phi) is 10.3. The lowest BCUT2D eigenvalue weighted by Crippen LogP contribution is -2.79. The van der Waals surface area contributed by atoms with Crippen molar-refractivity contribution >= 4 is 43.5 Å². The number of unbranched alkanes of at least 4 members (excludes halogenated alkanes) is 2. The van der Waals surface area contributed by atoms with Crippen molar-refractivity contribution in [2.75, 3.05) is 30.9 Å². The summed E-state index contributed by atoms with van der Waals surface area (Å²) in [6.07, 6.45) is 6.52. The van der Waals surface area contributed by atoms with E-state index in [9.17, 15) is 9.59 Å². The highest BCUT2D eigenvalue weighted by Crippen LogP contribution is 2.51. The van der Waals surface area contributed by atoms with Crippen LogP contribution in [0.15, 0.2) is 20.9 Å². The van der Waals surface area contributed by atoms with Gasteiger partial charge in [0.25, 0.3) is 11.1 Å². The molecule has 3 rings (SSSR count). The van der Waals surface area contributed by atoms with E-state index < -0.39 is 25.4 Å². The van der Waals surface area contributed by atoms with Crippen molar-refractivity contribution in [3.63, 3.8) is 0 Å². The molecule has 1 aromatic heterocycles. The van der Waals surface area contributed by atoms with Crippen LogP contribution in [0.4, 0.5) is 0 Å². The summed E-state index contributed by atoms with van der Waals surface area (Å²) >= 11 is 2.96. The normalized spacial score (nSPS) is 22.2. The summed E-state index contributed by atoms with van der Waals surface area (Å²) in [5.41, 5.74) is -0.703. The number of aromatic nitrogens is 2. The van der Waals surface area contributed by atoms with E-state index in [2.05, 4.69) is 29.1 Å². The quantitative estimate of drug-likeness (QED) is 0.118. The minimum absolute atomic E-state index is 0.236. The maximum Gasteiger partial charge on any atom is 0.355 e. The van der Waals surface area contributed by atoms with Gasteiger partial charge in [-0.25, -0.2) is 4.79 Å². The number of hydrogen-bond donors (Lipinski definition) is 1. The third kappa shape index (κ3) is 6.65. The predicted molar refractivity (Wildman–Crippen MR) is 145 cm³/mol. The number of thioether (sulfide) groups is 2. The number of nitrogens with zero attached hydrogens (tertiary/aromatic N) is 3. The average Bonchev–Trinajstić information content (AvgIpc) is 3.25. The van der Waals surface area contributed by atoms with Crippen molar-refractivity contribution in [1.82, 2.24) is 20.2 Å². The summed E-state index contributed by atoms with van der Waals surface area (Å²) in [5, 5.41) is 11.6. The number of carbonyl (C=O) groups excluding carboxylic acids is 2. The van der Waals surface area contributed by atoms with Gasteiger partial charge in [0.15, 0.2) is 0 Å². The van der Waals surface area contributed by atoms with Crippen LogP contribution in [0, 0.1) is 6.92 Å². The van der Waals surface area contributed by atoms with Crippen LogP contribution in [0.25, 0.3) is 0 Å². The van der Waals surface area contributed by atoms with Crippen LogP contribution in [0.2, 0.25) is 0 Å². The lowest BCUT2D eigenvalue weighted by molar-refractivity contribution is -0.188. The standard InChI is InChI=1S/C24H39N4O5PS2/c1-8-10-12-34(13-11-9-2)27-24(31-7)20(30)28-18(19(29)33-23(4,5)6)17(14-35-21(24)28)15-36-22-26-25-16(3)32-22/h21,27H,8-15H2,1-7H3/t21-,24-/m0/s1. The van der Waals surface area contributed by atoms with Gasteiger partial charge in [-0.1, -0.05) is 38.5 Å². The number of esters is 1. The average molecular weight is 559 g/mol. The van der Waals surface area contributed by atoms with E-state index in [0.717, 1.165) is 43.6 Å². The van der Waals surface area contributed by atoms with E-state index in [0.29, 0.717) is 28.3 Å². The first-order chi connectivity index (χ1) is 17.1. The Morgan fingerprint density at radius 2 is 1.94 bits per heavy atom. The van der Waals surface area contributed by atoms with Crippen molar-refractivity contribution in [1.29, 1.82) is 0 Å². The molecule has 0 aliphatic carbocycles. The Balaban J connectivity index is 1.88. The molecule has 0 aromatic carbocycles. The fourth-order valence-electron chi connectivity index (χ4n) is 3.99. The molecule has 1 saturated heterocycles. The van der Waals surface area contributed by atoms with E-state index in [-0.39, 0.29) is 11.3 Å². The monoisotopic (exact) mass is 558 g/mol. The number of aryl methyl sites for hydroxylation is 1. The van der Waals surface area contributed by atoms with Crippen LogP contribution in [0.5, 0.6) is 0 Å². The van der Waals surface area contributed by atoms with Gasteiger partial charge < -0.3 is 13.9 Å². The Morgan fingerprint density at radius 3 is 2.47 bits per heavy atom. The van der Waals surface area contributed by atoms with E-state index in [1.54, 1.807) is 30.7 Å². The fraction of sp³-hybridized carbons (Fsp3) is 0.750. The van der Waals surface area contributed by atoms with Crippen LogP contribution in [-0.2, 0) is 19.1 Å². The molecule has 1 N–H and O–H groups in total. The number of hydrogen-bond acceptors (Lipinski definition) is 10. The zero-order chi connectivity index (χ0) is 26.5. The highest BCUT2D eigenvalue weighted by molar-refractivity contribution is 8.01. The van der Waals surface area contributed by atoms with Gasteiger partial charge in [0, 0.05) is 25.5 Å². The molecule has 0 radical (unpaired) electrons. The first kappa shape index (κ1) is 29.4. The zero-order valence-corrected chi connectivity index (χ0v) is 24.9. The van der Waals surface area contributed by atoms with Crippen molar-refractivity contribution in [3.8, 4) is 0 Å². The molecular weight excluding hydrogens is 519 g/mol. The minimum Gasteiger partial charge on any atom is -0.455 e. The molecule has 0 saturated carbocycles. The zero-order valence-electron chi connectivity index (χ0n) is 22.4. The maximum absolute atomic E-state index is 13.8. The second kappa shape index (κ2) is 12.6. The van der Waals surface area contributed by atoms with Crippen molar-refractivity contribution in [2.24, 2.45) is 0 Å². The Labute approximate surface area is 224 Å². The molecule has 0 bridgehead atoms. The van der Waals surface area contributed by atoms with Crippen LogP contribution in [-0.4, -0.2) is 74.6 Å². The molecule has 36 heavy (non-hydrogen) atoms. The van der Waals surface area contributed by atoms with Crippen LogP contribution >= 0.6 is 31.6 Å². The predicted octanol–water partition coefficient (Wildman–Crippen LogP) is 4.91. The highest BCUT2D eigenvalue weighted by Gasteiger charge is 2.66. The number of ether oxygens (including phenoxy) is 2. The molecular formula is C24H39N4O5PS2. The second-order valence-corrected chi connectivity index (χ2v) is 14.1. The smallest absolute Gasteiger partial charge is 0.355 e. The largest absolute Gasteiger partial charge is 0.455 e. The lowest BCUT2D eigenvalue weighted by atomic mass is 9.99. The van der Waals surface area contributed by atoms with Gasteiger partial charge in [0.05, 0.1) is 0 Å². The number of carbonyl (C=O) groups is 2. The van der Waals surface area contributed by atoms with Gasteiger partial charge in [-0.3, -0.25) is 14.8 Å². The topological polar surface area (TPSA) is 107 Å². The van der Waals surface area contributed by atoms with Crippen molar-refractivity contribution in [3.05, 3.63) is 17.2 Å². The van der Waals surface area contributed by atoms with Gasteiger partial charge >= 0.3 is 5.97 Å². The Morgan fingerprint density at radius 1 is 1.28 bits per heavy atom. The fourth-order valence-corrected chi connectivity index (χ4v) is 9.09. The first-order valence-electron chi connectivity index (χ1n) is 12.5.